The Kier molecular flexibility index (Phi) is 9.46. The Morgan fingerprint density at radius 2 is 2.00 bits per heavy atom. The van der Waals surface area contributed by atoms with E-state index in [1.807, 2.05) is 0 Å². The molecule has 2 nitrogen and oxygen atoms in total. The molecule has 0 spiro atoms. The first-order chi connectivity index (χ1) is 2.27. The van der Waals surface area contributed by atoms with Gasteiger partial charge in [0.25, 0.3) is 0 Å². The van der Waals surface area contributed by atoms with E-state index >= 15 is 0 Å². The zero-order valence-corrected chi connectivity index (χ0v) is 7.02. The van der Waals surface area contributed by atoms with E-state index in [4.69, 9.17) is 0 Å². The molecule has 0 aliphatic carbocycles. The second kappa shape index (κ2) is 5.74. The van der Waals surface area contributed by atoms with E-state index < -0.39 is 0 Å². The van der Waals surface area contributed by atoms with Gasteiger partial charge < -0.3 is 0 Å². The SMILES string of the molecule is CC(=O)[O][Ir].[Rh]. The summed E-state index contributed by atoms with van der Waals surface area (Å²) in [6.07, 6.45) is 0. The fourth-order valence-electron chi connectivity index (χ4n) is 0. The molecule has 0 aliphatic heterocycles. The fourth-order valence-corrected chi connectivity index (χ4v) is 0. The largest absolute Gasteiger partial charge is 0 e. The van der Waals surface area contributed by atoms with Gasteiger partial charge in [-0.05, 0) is 0 Å². The predicted octanol–water partition coefficient (Wildman–Crippen LogP) is 0.00880. The maximum atomic E-state index is 9.59. The summed E-state index contributed by atoms with van der Waals surface area (Å²) in [5, 5.41) is 0. The average Bonchev–Trinajstić information content (AvgIpc) is 1.38. The van der Waals surface area contributed by atoms with Gasteiger partial charge in [-0.3, -0.25) is 0 Å². The van der Waals surface area contributed by atoms with Crippen LogP contribution >= 0.6 is 0 Å². The molecule has 0 rings (SSSR count). The maximum Gasteiger partial charge on any atom is 0 e. The van der Waals surface area contributed by atoms with Gasteiger partial charge in [0.1, 0.15) is 0 Å². The van der Waals surface area contributed by atoms with E-state index in [1.165, 1.54) is 26.2 Å². The van der Waals surface area contributed by atoms with Gasteiger partial charge in [0.2, 0.25) is 0 Å². The van der Waals surface area contributed by atoms with Crippen LogP contribution in [-0.2, 0) is 47.0 Å². The molecule has 0 bridgehead atoms. The summed E-state index contributed by atoms with van der Waals surface area (Å²) in [5.41, 5.74) is 0. The Labute approximate surface area is 60.0 Å². The third kappa shape index (κ3) is 8.83. The summed E-state index contributed by atoms with van der Waals surface area (Å²) in [7, 11) is 0. The third-order valence-corrected chi connectivity index (χ3v) is 0.784. The predicted molar refractivity (Wildman–Crippen MR) is 11.8 cm³/mol. The second-order valence-corrected chi connectivity index (χ2v) is 1.05. The van der Waals surface area contributed by atoms with Crippen molar-refractivity contribution >= 4 is 5.97 Å². The topological polar surface area (TPSA) is 26.3 Å². The first-order valence-corrected chi connectivity index (χ1v) is 2.02. The molecular formula is C2H3IrO2Rh. The van der Waals surface area contributed by atoms with Crippen LogP contribution in [0.15, 0.2) is 0 Å². The number of hydrogen-bond donors (Lipinski definition) is 0. The Balaban J connectivity index is 0. The van der Waals surface area contributed by atoms with Gasteiger partial charge in [0.15, 0.2) is 0 Å². The van der Waals surface area contributed by atoms with Crippen molar-refractivity contribution in [3.63, 3.8) is 0 Å². The average molecular weight is 354 g/mol. The van der Waals surface area contributed by atoms with Gasteiger partial charge in [0, 0.05) is 19.5 Å². The van der Waals surface area contributed by atoms with Crippen molar-refractivity contribution in [1.29, 1.82) is 0 Å². The van der Waals surface area contributed by atoms with Crippen molar-refractivity contribution in [1.82, 2.24) is 0 Å². The van der Waals surface area contributed by atoms with E-state index in [0.717, 1.165) is 0 Å². The summed E-state index contributed by atoms with van der Waals surface area (Å²) >= 11 is 1.35. The molecule has 0 saturated carbocycles. The van der Waals surface area contributed by atoms with Crippen LogP contribution < -0.4 is 0 Å². The molecule has 1 radical (unpaired) electrons. The standard InChI is InChI=1S/C2H4O2.Ir.Rh/c1-2(3)4;;/h1H3,(H,3,4);;/q;+1;/p-1. The molecule has 0 aromatic heterocycles. The van der Waals surface area contributed by atoms with Crippen LogP contribution in [0.2, 0.25) is 0 Å². The van der Waals surface area contributed by atoms with Crippen LogP contribution in [0.3, 0.4) is 0 Å². The van der Waals surface area contributed by atoms with E-state index in [2.05, 4.69) is 3.50 Å². The summed E-state index contributed by atoms with van der Waals surface area (Å²) in [6.45, 7) is 1.36. The Morgan fingerprint density at radius 3 is 2.00 bits per heavy atom. The van der Waals surface area contributed by atoms with Crippen LogP contribution in [-0.4, -0.2) is 5.97 Å². The van der Waals surface area contributed by atoms with E-state index in [9.17, 15) is 4.79 Å². The minimum atomic E-state index is -0.245. The van der Waals surface area contributed by atoms with Crippen LogP contribution in [0.25, 0.3) is 0 Å². The zero-order valence-electron chi connectivity index (χ0n) is 2.98. The van der Waals surface area contributed by atoms with Crippen LogP contribution in [0, 0.1) is 0 Å². The summed E-state index contributed by atoms with van der Waals surface area (Å²) < 4.78 is 4.11. The van der Waals surface area contributed by atoms with E-state index in [-0.39, 0.29) is 25.4 Å². The van der Waals surface area contributed by atoms with Crippen LogP contribution in [0.1, 0.15) is 6.92 Å². The van der Waals surface area contributed by atoms with Crippen molar-refractivity contribution < 1.29 is 47.0 Å². The van der Waals surface area contributed by atoms with Crippen molar-refractivity contribution in [3.05, 3.63) is 0 Å². The van der Waals surface area contributed by atoms with Crippen LogP contribution in [0.5, 0.6) is 0 Å². The molecule has 0 aromatic rings. The molecule has 0 atom stereocenters. The van der Waals surface area contributed by atoms with Crippen molar-refractivity contribution in [2.45, 2.75) is 6.92 Å². The zero-order chi connectivity index (χ0) is 4.28. The number of hydrogen-bond acceptors (Lipinski definition) is 2. The second-order valence-electron chi connectivity index (χ2n) is 0.560. The molecule has 0 heterocycles. The van der Waals surface area contributed by atoms with Crippen molar-refractivity contribution in [2.24, 2.45) is 0 Å². The molecule has 0 aliphatic rings. The Morgan fingerprint density at radius 1 is 1.83 bits per heavy atom. The summed E-state index contributed by atoms with van der Waals surface area (Å²) in [6, 6.07) is 0. The van der Waals surface area contributed by atoms with Crippen molar-refractivity contribution in [2.75, 3.05) is 0 Å². The molecule has 0 saturated heterocycles. The summed E-state index contributed by atoms with van der Waals surface area (Å²) in [4.78, 5) is 9.59. The monoisotopic (exact) mass is 355 g/mol. The first-order valence-electron chi connectivity index (χ1n) is 1.04. The Hall–Kier alpha value is 0.743. The minimum absolute atomic E-state index is 0. The third-order valence-electron chi connectivity index (χ3n) is 0.0958. The molecule has 6 heavy (non-hydrogen) atoms. The maximum absolute atomic E-state index is 9.59. The fraction of sp³-hybridized carbons (Fsp3) is 0.500. The van der Waals surface area contributed by atoms with Gasteiger partial charge in [-0.25, -0.2) is 0 Å². The molecule has 0 unspecified atom stereocenters. The number of rotatable bonds is 0. The normalized spacial score (nSPS) is 5.83. The van der Waals surface area contributed by atoms with Gasteiger partial charge >= 0.3 is 40.5 Å². The van der Waals surface area contributed by atoms with Crippen molar-refractivity contribution in [3.8, 4) is 0 Å². The molecule has 0 N–H and O–H groups in total. The minimum Gasteiger partial charge on any atom is 0 e. The molecule has 4 heteroatoms. The number of carbonyl (C=O) groups is 1. The molecular weight excluding hydrogens is 351 g/mol. The number of carbonyl (C=O) groups excluding carboxylic acids is 1. The van der Waals surface area contributed by atoms with E-state index in [0.29, 0.717) is 0 Å². The van der Waals surface area contributed by atoms with Gasteiger partial charge in [-0.15, -0.1) is 0 Å². The quantitative estimate of drug-likeness (QED) is 0.573. The molecule has 0 fully saturated rings. The first kappa shape index (κ1) is 9.89. The smallest absolute Gasteiger partial charge is 0 e. The molecule has 0 aromatic carbocycles. The van der Waals surface area contributed by atoms with Gasteiger partial charge in [-0.2, -0.15) is 0 Å². The van der Waals surface area contributed by atoms with E-state index in [1.54, 1.807) is 0 Å². The Bertz CT molecular complexity index is 46.8. The van der Waals surface area contributed by atoms with Gasteiger partial charge in [-0.1, -0.05) is 0 Å². The van der Waals surface area contributed by atoms with Gasteiger partial charge in [0.05, 0.1) is 0 Å². The molecule has 0 amide bonds. The molecule has 41 valence electrons. The summed E-state index contributed by atoms with van der Waals surface area (Å²) in [5.74, 6) is -0.245. The van der Waals surface area contributed by atoms with Crippen LogP contribution in [0.4, 0.5) is 0 Å².